The van der Waals surface area contributed by atoms with Gasteiger partial charge in [0, 0.05) is 0 Å². The second-order valence-corrected chi connectivity index (χ2v) is 6.23. The minimum atomic E-state index is -0.799. The molecule has 3 nitrogen and oxygen atoms in total. The monoisotopic (exact) mass is 326 g/mol. The average molecular weight is 327 g/mol. The van der Waals surface area contributed by atoms with E-state index in [0.29, 0.717) is 23.6 Å². The van der Waals surface area contributed by atoms with Crippen LogP contribution in [-0.4, -0.2) is 10.9 Å². The number of rotatable bonds is 7. The summed E-state index contributed by atoms with van der Waals surface area (Å²) in [7, 11) is 0. The predicted octanol–water partition coefficient (Wildman–Crippen LogP) is 4.46. The quantitative estimate of drug-likeness (QED) is 0.727. The summed E-state index contributed by atoms with van der Waals surface area (Å²) in [6.07, 6.45) is 2.97. The standard InChI is InChI=1S/C16H23ClN2OS/c1-4-8-16(9-5-2,14(18)21)15(20)19-13-7-6-11(3)10-12(13)17/h6-7,10H,4-5,8-9H2,1-3H3,(H2,18,21)(H,19,20). The Hall–Kier alpha value is -1.13. The highest BCUT2D eigenvalue weighted by Crippen LogP contribution is 2.33. The molecule has 1 aromatic rings. The van der Waals surface area contributed by atoms with Gasteiger partial charge in [-0.15, -0.1) is 0 Å². The van der Waals surface area contributed by atoms with Gasteiger partial charge in [-0.2, -0.15) is 0 Å². The number of amides is 1. The molecule has 0 aliphatic heterocycles. The highest BCUT2D eigenvalue weighted by molar-refractivity contribution is 7.80. The van der Waals surface area contributed by atoms with E-state index in [2.05, 4.69) is 5.32 Å². The SMILES string of the molecule is CCCC(CCC)(C(=O)Nc1ccc(C)cc1Cl)C(N)=S. The van der Waals surface area contributed by atoms with E-state index in [1.165, 1.54) is 0 Å². The molecule has 0 heterocycles. The van der Waals surface area contributed by atoms with Crippen LogP contribution in [0, 0.1) is 12.3 Å². The van der Waals surface area contributed by atoms with E-state index >= 15 is 0 Å². The van der Waals surface area contributed by atoms with Crippen LogP contribution < -0.4 is 11.1 Å². The van der Waals surface area contributed by atoms with E-state index in [9.17, 15) is 4.79 Å². The number of anilines is 1. The Bertz CT molecular complexity index is 525. The van der Waals surface area contributed by atoms with Crippen LogP contribution in [0.4, 0.5) is 5.69 Å². The summed E-state index contributed by atoms with van der Waals surface area (Å²) in [6.45, 7) is 5.99. The lowest BCUT2D eigenvalue weighted by molar-refractivity contribution is -0.122. The molecule has 5 heteroatoms. The number of thiocarbonyl (C=S) groups is 1. The van der Waals surface area contributed by atoms with Gasteiger partial charge in [0.15, 0.2) is 0 Å². The maximum absolute atomic E-state index is 12.8. The van der Waals surface area contributed by atoms with Gasteiger partial charge < -0.3 is 11.1 Å². The molecule has 0 spiro atoms. The second-order valence-electron chi connectivity index (χ2n) is 5.38. The Kier molecular flexibility index (Phi) is 6.62. The molecule has 0 radical (unpaired) electrons. The minimum Gasteiger partial charge on any atom is -0.392 e. The van der Waals surface area contributed by atoms with E-state index in [0.717, 1.165) is 18.4 Å². The molecule has 0 saturated heterocycles. The van der Waals surface area contributed by atoms with Crippen LogP contribution in [0.3, 0.4) is 0 Å². The lowest BCUT2D eigenvalue weighted by Crippen LogP contribution is -2.46. The molecule has 116 valence electrons. The highest BCUT2D eigenvalue weighted by atomic mass is 35.5. The Morgan fingerprint density at radius 3 is 2.33 bits per heavy atom. The number of nitrogens with two attached hydrogens (primary N) is 1. The summed E-state index contributed by atoms with van der Waals surface area (Å²) in [5.74, 6) is -0.163. The largest absolute Gasteiger partial charge is 0.392 e. The van der Waals surface area contributed by atoms with Gasteiger partial charge in [-0.3, -0.25) is 4.79 Å². The van der Waals surface area contributed by atoms with Crippen LogP contribution in [0.15, 0.2) is 18.2 Å². The zero-order chi connectivity index (χ0) is 16.0. The molecule has 0 fully saturated rings. The molecule has 0 unspecified atom stereocenters. The second kappa shape index (κ2) is 7.76. The molecule has 1 aromatic carbocycles. The van der Waals surface area contributed by atoms with Crippen LogP contribution in [0.5, 0.6) is 0 Å². The molecule has 1 amide bonds. The molecular formula is C16H23ClN2OS. The van der Waals surface area contributed by atoms with Crippen molar-refractivity contribution in [2.75, 3.05) is 5.32 Å². The third-order valence-electron chi connectivity index (χ3n) is 3.63. The van der Waals surface area contributed by atoms with Crippen molar-refractivity contribution in [2.45, 2.75) is 46.5 Å². The van der Waals surface area contributed by atoms with Gasteiger partial charge in [0.25, 0.3) is 0 Å². The van der Waals surface area contributed by atoms with Gasteiger partial charge in [0.2, 0.25) is 5.91 Å². The molecular weight excluding hydrogens is 304 g/mol. The minimum absolute atomic E-state index is 0.163. The van der Waals surface area contributed by atoms with Gasteiger partial charge in [0.1, 0.15) is 0 Å². The number of halogens is 1. The normalized spacial score (nSPS) is 11.2. The summed E-state index contributed by atoms with van der Waals surface area (Å²) in [5.41, 5.74) is 6.74. The number of carbonyl (C=O) groups excluding carboxylic acids is 1. The number of benzene rings is 1. The number of hydrogen-bond acceptors (Lipinski definition) is 2. The van der Waals surface area contributed by atoms with Crippen LogP contribution >= 0.6 is 23.8 Å². The van der Waals surface area contributed by atoms with Gasteiger partial charge in [-0.1, -0.05) is 56.6 Å². The first-order valence-corrected chi connectivity index (χ1v) is 8.03. The van der Waals surface area contributed by atoms with E-state index in [1.807, 2.05) is 32.9 Å². The van der Waals surface area contributed by atoms with Gasteiger partial charge in [-0.05, 0) is 37.5 Å². The van der Waals surface area contributed by atoms with E-state index in [4.69, 9.17) is 29.6 Å². The zero-order valence-corrected chi connectivity index (χ0v) is 14.4. The van der Waals surface area contributed by atoms with Crippen molar-refractivity contribution >= 4 is 40.4 Å². The summed E-state index contributed by atoms with van der Waals surface area (Å²) in [4.78, 5) is 13.0. The molecule has 1 rings (SSSR count). The Labute approximate surface area is 137 Å². The molecule has 3 N–H and O–H groups in total. The first-order chi connectivity index (χ1) is 9.87. The fourth-order valence-electron chi connectivity index (χ4n) is 2.53. The van der Waals surface area contributed by atoms with Crippen LogP contribution in [0.1, 0.15) is 45.1 Å². The molecule has 0 aromatic heterocycles. The molecule has 0 bridgehead atoms. The number of aryl methyl sites for hydroxylation is 1. The molecule has 0 aliphatic carbocycles. The highest BCUT2D eigenvalue weighted by Gasteiger charge is 2.40. The fourth-order valence-corrected chi connectivity index (χ4v) is 3.11. The summed E-state index contributed by atoms with van der Waals surface area (Å²) < 4.78 is 0. The van der Waals surface area contributed by atoms with Crippen LogP contribution in [0.2, 0.25) is 5.02 Å². The lowest BCUT2D eigenvalue weighted by Gasteiger charge is -2.31. The van der Waals surface area contributed by atoms with E-state index in [-0.39, 0.29) is 10.9 Å². The fraction of sp³-hybridized carbons (Fsp3) is 0.500. The van der Waals surface area contributed by atoms with Gasteiger partial charge >= 0.3 is 0 Å². The average Bonchev–Trinajstić information content (AvgIpc) is 2.41. The van der Waals surface area contributed by atoms with Crippen molar-refractivity contribution in [2.24, 2.45) is 11.1 Å². The van der Waals surface area contributed by atoms with Crippen LogP contribution in [-0.2, 0) is 4.79 Å². The first kappa shape index (κ1) is 17.9. The van der Waals surface area contributed by atoms with Crippen molar-refractivity contribution in [3.8, 4) is 0 Å². The molecule has 0 atom stereocenters. The van der Waals surface area contributed by atoms with Crippen molar-refractivity contribution in [3.63, 3.8) is 0 Å². The Balaban J connectivity index is 3.08. The smallest absolute Gasteiger partial charge is 0.237 e. The van der Waals surface area contributed by atoms with E-state index in [1.54, 1.807) is 6.07 Å². The number of nitrogens with one attached hydrogen (secondary N) is 1. The maximum atomic E-state index is 12.8. The third kappa shape index (κ3) is 4.17. The Morgan fingerprint density at radius 2 is 1.90 bits per heavy atom. The molecule has 21 heavy (non-hydrogen) atoms. The first-order valence-electron chi connectivity index (χ1n) is 7.25. The van der Waals surface area contributed by atoms with Gasteiger partial charge in [-0.25, -0.2) is 0 Å². The predicted molar refractivity (Wildman–Crippen MR) is 93.9 cm³/mol. The van der Waals surface area contributed by atoms with Crippen molar-refractivity contribution in [3.05, 3.63) is 28.8 Å². The summed E-state index contributed by atoms with van der Waals surface area (Å²) in [5, 5.41) is 3.41. The summed E-state index contributed by atoms with van der Waals surface area (Å²) >= 11 is 11.4. The Morgan fingerprint density at radius 1 is 1.33 bits per heavy atom. The molecule has 0 aliphatic rings. The van der Waals surface area contributed by atoms with Crippen molar-refractivity contribution in [1.29, 1.82) is 0 Å². The topological polar surface area (TPSA) is 55.1 Å². The summed E-state index contributed by atoms with van der Waals surface area (Å²) in [6, 6.07) is 5.53. The van der Waals surface area contributed by atoms with E-state index < -0.39 is 5.41 Å². The number of carbonyl (C=O) groups is 1. The van der Waals surface area contributed by atoms with Crippen molar-refractivity contribution in [1.82, 2.24) is 0 Å². The van der Waals surface area contributed by atoms with Crippen LogP contribution in [0.25, 0.3) is 0 Å². The third-order valence-corrected chi connectivity index (χ3v) is 4.34. The zero-order valence-electron chi connectivity index (χ0n) is 12.8. The van der Waals surface area contributed by atoms with Gasteiger partial charge in [0.05, 0.1) is 21.1 Å². The van der Waals surface area contributed by atoms with Crippen molar-refractivity contribution < 1.29 is 4.79 Å². The number of hydrogen-bond donors (Lipinski definition) is 2. The maximum Gasteiger partial charge on any atom is 0.237 e. The molecule has 0 saturated carbocycles. The lowest BCUT2D eigenvalue weighted by atomic mass is 9.78.